The van der Waals surface area contributed by atoms with Crippen molar-refractivity contribution in [3.05, 3.63) is 84.4 Å². The molecule has 0 saturated carbocycles. The Hall–Kier alpha value is -4.37. The van der Waals surface area contributed by atoms with E-state index in [2.05, 4.69) is 10.5 Å². The highest BCUT2D eigenvalue weighted by Crippen LogP contribution is 2.23. The molecule has 2 unspecified atom stereocenters. The second kappa shape index (κ2) is 12.7. The molecule has 3 aromatic carbocycles. The molecule has 0 aliphatic carbocycles. The number of rotatable bonds is 10. The van der Waals surface area contributed by atoms with Gasteiger partial charge in [-0.05, 0) is 47.5 Å². The molecule has 38 heavy (non-hydrogen) atoms. The zero-order valence-electron chi connectivity index (χ0n) is 21.4. The molecule has 0 radical (unpaired) electrons. The maximum Gasteiger partial charge on any atom is 0.254 e. The fourth-order valence-corrected chi connectivity index (χ4v) is 4.21. The summed E-state index contributed by atoms with van der Waals surface area (Å²) in [5.41, 5.74) is 3.10. The Bertz CT molecular complexity index is 1250. The van der Waals surface area contributed by atoms with E-state index >= 15 is 0 Å². The molecule has 1 fully saturated rings. The zero-order valence-corrected chi connectivity index (χ0v) is 21.4. The van der Waals surface area contributed by atoms with E-state index in [1.54, 1.807) is 43.5 Å². The molecule has 0 aromatic heterocycles. The number of nitrogens with zero attached hydrogens (tertiary/aromatic N) is 2. The summed E-state index contributed by atoms with van der Waals surface area (Å²) < 4.78 is 10.7. The van der Waals surface area contributed by atoms with Crippen molar-refractivity contribution in [2.75, 3.05) is 33.9 Å². The summed E-state index contributed by atoms with van der Waals surface area (Å²) in [6.45, 7) is 0.133. The van der Waals surface area contributed by atoms with Crippen molar-refractivity contribution in [1.82, 2.24) is 10.2 Å². The van der Waals surface area contributed by atoms with Gasteiger partial charge < -0.3 is 29.6 Å². The smallest absolute Gasteiger partial charge is 0.254 e. The number of ether oxygens (including phenoxy) is 2. The van der Waals surface area contributed by atoms with Gasteiger partial charge in [0.1, 0.15) is 37.4 Å². The van der Waals surface area contributed by atoms with Crippen LogP contribution in [0.4, 0.5) is 0 Å². The molecule has 0 spiro atoms. The molecule has 3 aromatic rings. The van der Waals surface area contributed by atoms with E-state index in [0.717, 1.165) is 11.1 Å². The number of amides is 2. The van der Waals surface area contributed by atoms with Gasteiger partial charge in [0, 0.05) is 18.5 Å². The number of methoxy groups -OCH3 is 1. The summed E-state index contributed by atoms with van der Waals surface area (Å²) in [4.78, 5) is 32.8. The van der Waals surface area contributed by atoms with E-state index in [1.807, 2.05) is 42.5 Å². The minimum atomic E-state index is -0.941. The van der Waals surface area contributed by atoms with E-state index in [9.17, 15) is 14.7 Å². The van der Waals surface area contributed by atoms with Gasteiger partial charge >= 0.3 is 0 Å². The Morgan fingerprint density at radius 3 is 2.29 bits per heavy atom. The second-order valence-electron chi connectivity index (χ2n) is 8.82. The highest BCUT2D eigenvalue weighted by Gasteiger charge is 2.38. The monoisotopic (exact) mass is 517 g/mol. The summed E-state index contributed by atoms with van der Waals surface area (Å²) in [5.74, 6) is 0.602. The first-order chi connectivity index (χ1) is 18.5. The molecule has 2 amide bonds. The quantitative estimate of drug-likeness (QED) is 0.400. The van der Waals surface area contributed by atoms with E-state index in [0.29, 0.717) is 22.8 Å². The predicted molar refractivity (Wildman–Crippen MR) is 143 cm³/mol. The standard InChI is InChI=1S/C29H31N3O6/c1-36-25-12-14-26(15-13-25)38-19-24(33)17-30-28(34)27-16-23(31-37-2)18-32(27)29(35)22-10-8-21(9-11-22)20-6-4-3-5-7-20/h3-15,24,27,33H,16-19H2,1-2H3,(H,30,34)/b31-23+. The number of aliphatic hydroxyl groups is 1. The van der Waals surface area contributed by atoms with E-state index < -0.39 is 12.1 Å². The van der Waals surface area contributed by atoms with Crippen molar-refractivity contribution in [3.63, 3.8) is 0 Å². The number of likely N-dealkylation sites (tertiary alicyclic amines) is 1. The topological polar surface area (TPSA) is 110 Å². The van der Waals surface area contributed by atoms with Crippen LogP contribution in [0.1, 0.15) is 16.8 Å². The van der Waals surface area contributed by atoms with Gasteiger partial charge in [-0.25, -0.2) is 0 Å². The highest BCUT2D eigenvalue weighted by atomic mass is 16.6. The molecule has 9 nitrogen and oxygen atoms in total. The number of carbonyl (C=O) groups excluding carboxylic acids is 2. The van der Waals surface area contributed by atoms with Crippen molar-refractivity contribution >= 4 is 17.5 Å². The number of carbonyl (C=O) groups is 2. The third-order valence-electron chi connectivity index (χ3n) is 6.19. The SMILES string of the molecule is CO/N=C1\CC(C(=O)NCC(O)COc2ccc(OC)cc2)N(C(=O)c2ccc(-c3ccccc3)cc2)C1. The third kappa shape index (κ3) is 6.68. The van der Waals surface area contributed by atoms with Crippen molar-refractivity contribution in [3.8, 4) is 22.6 Å². The Kier molecular flexibility index (Phi) is 8.94. The lowest BCUT2D eigenvalue weighted by molar-refractivity contribution is -0.125. The minimum Gasteiger partial charge on any atom is -0.497 e. The number of benzene rings is 3. The molecule has 198 valence electrons. The molecule has 4 rings (SSSR count). The van der Waals surface area contributed by atoms with Crippen LogP contribution in [0.2, 0.25) is 0 Å². The van der Waals surface area contributed by atoms with Crippen LogP contribution in [-0.4, -0.2) is 73.6 Å². The lowest BCUT2D eigenvalue weighted by Crippen LogP contribution is -2.48. The second-order valence-corrected chi connectivity index (χ2v) is 8.82. The molecular weight excluding hydrogens is 486 g/mol. The molecule has 1 saturated heterocycles. The Labute approximate surface area is 221 Å². The Balaban J connectivity index is 1.37. The van der Waals surface area contributed by atoms with Crippen LogP contribution in [0.3, 0.4) is 0 Å². The maximum atomic E-state index is 13.4. The molecule has 2 N–H and O–H groups in total. The van der Waals surface area contributed by atoms with Crippen LogP contribution in [0.25, 0.3) is 11.1 Å². The molecule has 1 heterocycles. The zero-order chi connectivity index (χ0) is 26.9. The average Bonchev–Trinajstić information content (AvgIpc) is 3.39. The van der Waals surface area contributed by atoms with Crippen molar-refractivity contribution < 1.29 is 29.0 Å². The fraction of sp³-hybridized carbons (Fsp3) is 0.276. The first-order valence-corrected chi connectivity index (χ1v) is 12.3. The molecule has 1 aliphatic rings. The average molecular weight is 518 g/mol. The minimum absolute atomic E-state index is 0.00985. The highest BCUT2D eigenvalue weighted by molar-refractivity contribution is 6.05. The number of aliphatic hydroxyl groups excluding tert-OH is 1. The third-order valence-corrected chi connectivity index (χ3v) is 6.19. The summed E-state index contributed by atoms with van der Waals surface area (Å²) in [5, 5.41) is 17.0. The summed E-state index contributed by atoms with van der Waals surface area (Å²) in [6, 6.07) is 23.3. The van der Waals surface area contributed by atoms with Crippen LogP contribution in [-0.2, 0) is 9.63 Å². The van der Waals surface area contributed by atoms with Crippen molar-refractivity contribution in [2.45, 2.75) is 18.6 Å². The van der Waals surface area contributed by atoms with Crippen molar-refractivity contribution in [1.29, 1.82) is 0 Å². The van der Waals surface area contributed by atoms with Gasteiger partial charge in [0.25, 0.3) is 5.91 Å². The lowest BCUT2D eigenvalue weighted by atomic mass is 10.0. The largest absolute Gasteiger partial charge is 0.497 e. The number of nitrogens with one attached hydrogen (secondary N) is 1. The van der Waals surface area contributed by atoms with Gasteiger partial charge in [0.05, 0.1) is 19.4 Å². The van der Waals surface area contributed by atoms with E-state index in [-0.39, 0.29) is 37.9 Å². The van der Waals surface area contributed by atoms with Gasteiger partial charge in [-0.15, -0.1) is 0 Å². The fourth-order valence-electron chi connectivity index (χ4n) is 4.21. The van der Waals surface area contributed by atoms with Gasteiger partial charge in [0.2, 0.25) is 5.91 Å². The summed E-state index contributed by atoms with van der Waals surface area (Å²) >= 11 is 0. The van der Waals surface area contributed by atoms with E-state index in [1.165, 1.54) is 12.0 Å². The number of hydrogen-bond acceptors (Lipinski definition) is 7. The van der Waals surface area contributed by atoms with Gasteiger partial charge in [-0.2, -0.15) is 0 Å². The molecule has 1 aliphatic heterocycles. The summed E-state index contributed by atoms with van der Waals surface area (Å²) in [7, 11) is 3.00. The molecule has 9 heteroatoms. The first kappa shape index (κ1) is 26.7. The van der Waals surface area contributed by atoms with Crippen molar-refractivity contribution in [2.24, 2.45) is 5.16 Å². The summed E-state index contributed by atoms with van der Waals surface area (Å²) in [6.07, 6.45) is -0.698. The maximum absolute atomic E-state index is 13.4. The van der Waals surface area contributed by atoms with E-state index in [4.69, 9.17) is 14.3 Å². The first-order valence-electron chi connectivity index (χ1n) is 12.3. The van der Waals surface area contributed by atoms with Gasteiger partial charge in [0.15, 0.2) is 0 Å². The van der Waals surface area contributed by atoms with Crippen LogP contribution < -0.4 is 14.8 Å². The van der Waals surface area contributed by atoms with Crippen LogP contribution >= 0.6 is 0 Å². The predicted octanol–water partition coefficient (Wildman–Crippen LogP) is 3.14. The molecular formula is C29H31N3O6. The number of hydrogen-bond donors (Lipinski definition) is 2. The Morgan fingerprint density at radius 1 is 0.974 bits per heavy atom. The lowest BCUT2D eigenvalue weighted by Gasteiger charge is -2.24. The normalized spacial score (nSPS) is 16.7. The molecule has 0 bridgehead atoms. The van der Waals surface area contributed by atoms with Crippen LogP contribution in [0.5, 0.6) is 11.5 Å². The van der Waals surface area contributed by atoms with Crippen LogP contribution in [0.15, 0.2) is 84.0 Å². The van der Waals surface area contributed by atoms with Gasteiger partial charge in [-0.3, -0.25) is 9.59 Å². The van der Waals surface area contributed by atoms with Gasteiger partial charge in [-0.1, -0.05) is 47.6 Å². The van der Waals surface area contributed by atoms with Crippen LogP contribution in [0, 0.1) is 0 Å². The molecule has 2 atom stereocenters. The number of oxime groups is 1. The Morgan fingerprint density at radius 2 is 1.63 bits per heavy atom.